The molecule has 1 fully saturated rings. The number of hydrogen-bond donors (Lipinski definition) is 0. The molecule has 0 bridgehead atoms. The van der Waals surface area contributed by atoms with Crippen molar-refractivity contribution in [1.29, 1.82) is 0 Å². The first-order valence-corrected chi connectivity index (χ1v) is 7.66. The van der Waals surface area contributed by atoms with Gasteiger partial charge in [-0.1, -0.05) is 31.3 Å². The van der Waals surface area contributed by atoms with Crippen LogP contribution in [0.3, 0.4) is 0 Å². The molecular formula is C19H21N. The third kappa shape index (κ3) is 2.85. The lowest BCUT2D eigenvalue weighted by Crippen LogP contribution is -2.18. The molecular weight excluding hydrogens is 242 g/mol. The highest BCUT2D eigenvalue weighted by Crippen LogP contribution is 2.38. The predicted octanol–water partition coefficient (Wildman–Crippen LogP) is 4.62. The normalized spacial score (nSPS) is 23.6. The Morgan fingerprint density at radius 1 is 1.10 bits per heavy atom. The van der Waals surface area contributed by atoms with Crippen LogP contribution in [0.2, 0.25) is 0 Å². The predicted molar refractivity (Wildman–Crippen MR) is 83.8 cm³/mol. The van der Waals surface area contributed by atoms with Crippen molar-refractivity contribution in [3.8, 4) is 12.3 Å². The molecule has 1 nitrogen and oxygen atoms in total. The van der Waals surface area contributed by atoms with Gasteiger partial charge in [-0.25, -0.2) is 0 Å². The number of pyridine rings is 1. The van der Waals surface area contributed by atoms with Gasteiger partial charge < -0.3 is 0 Å². The smallest absolute Gasteiger partial charge is 0.0273 e. The van der Waals surface area contributed by atoms with Crippen LogP contribution in [0.4, 0.5) is 0 Å². The highest BCUT2D eigenvalue weighted by atomic mass is 14.6. The zero-order valence-electron chi connectivity index (χ0n) is 11.9. The van der Waals surface area contributed by atoms with Crippen LogP contribution in [0.5, 0.6) is 0 Å². The molecule has 1 atom stereocenters. The van der Waals surface area contributed by atoms with Gasteiger partial charge in [0.2, 0.25) is 0 Å². The number of hydrogen-bond acceptors (Lipinski definition) is 1. The van der Waals surface area contributed by atoms with E-state index in [2.05, 4.69) is 35.2 Å². The van der Waals surface area contributed by atoms with Crippen LogP contribution in [0.25, 0.3) is 5.57 Å². The summed E-state index contributed by atoms with van der Waals surface area (Å²) in [5.41, 5.74) is 3.66. The van der Waals surface area contributed by atoms with Crippen molar-refractivity contribution in [2.24, 2.45) is 11.8 Å². The van der Waals surface area contributed by atoms with Crippen LogP contribution in [-0.4, -0.2) is 4.98 Å². The maximum atomic E-state index is 5.68. The molecule has 3 rings (SSSR count). The van der Waals surface area contributed by atoms with E-state index in [9.17, 15) is 0 Å². The lowest BCUT2D eigenvalue weighted by molar-refractivity contribution is 0.285. The summed E-state index contributed by atoms with van der Waals surface area (Å²) < 4.78 is 0. The molecule has 1 heteroatoms. The van der Waals surface area contributed by atoms with E-state index >= 15 is 0 Å². The maximum Gasteiger partial charge on any atom is 0.0273 e. The number of terminal acetylenes is 1. The molecule has 2 aliphatic rings. The maximum absolute atomic E-state index is 5.68. The number of nitrogens with zero attached hydrogens (tertiary/aromatic N) is 1. The zero-order chi connectivity index (χ0) is 13.8. The molecule has 0 aromatic carbocycles. The second kappa shape index (κ2) is 6.09. The van der Waals surface area contributed by atoms with E-state index in [0.29, 0.717) is 5.92 Å². The van der Waals surface area contributed by atoms with E-state index in [1.165, 1.54) is 43.2 Å². The van der Waals surface area contributed by atoms with E-state index in [4.69, 9.17) is 6.42 Å². The van der Waals surface area contributed by atoms with E-state index < -0.39 is 0 Å². The standard InChI is InChI=1S/C19H21N/c1-2-15-12-18(16-6-4-3-5-7-16)14-19(13-15)17-8-10-20-11-9-17/h1,8-11,13-14,16,18H,3-7,12H2. The fourth-order valence-corrected chi connectivity index (χ4v) is 3.53. The van der Waals surface area contributed by atoms with Crippen LogP contribution >= 0.6 is 0 Å². The SMILES string of the molecule is C#CC1=CC(c2ccncc2)=CC(C2CCCCC2)C1. The first-order chi connectivity index (χ1) is 9.86. The molecule has 1 aromatic rings. The Labute approximate surface area is 121 Å². The molecule has 0 radical (unpaired) electrons. The second-order valence-electron chi connectivity index (χ2n) is 5.94. The average molecular weight is 263 g/mol. The Morgan fingerprint density at radius 3 is 2.55 bits per heavy atom. The van der Waals surface area contributed by atoms with E-state index in [1.54, 1.807) is 0 Å². The van der Waals surface area contributed by atoms with Gasteiger partial charge in [0.1, 0.15) is 0 Å². The number of rotatable bonds is 2. The van der Waals surface area contributed by atoms with E-state index in [0.717, 1.165) is 17.9 Å². The van der Waals surface area contributed by atoms with Gasteiger partial charge in [0.25, 0.3) is 0 Å². The minimum atomic E-state index is 0.620. The van der Waals surface area contributed by atoms with Crippen molar-refractivity contribution in [2.45, 2.75) is 38.5 Å². The average Bonchev–Trinajstić information content (AvgIpc) is 2.56. The van der Waals surface area contributed by atoms with Crippen LogP contribution in [0, 0.1) is 24.2 Å². The molecule has 2 aliphatic carbocycles. The zero-order valence-corrected chi connectivity index (χ0v) is 11.9. The topological polar surface area (TPSA) is 12.9 Å². The molecule has 1 aromatic heterocycles. The molecule has 0 N–H and O–H groups in total. The minimum absolute atomic E-state index is 0.620. The molecule has 0 spiro atoms. The van der Waals surface area contributed by atoms with Crippen molar-refractivity contribution in [2.75, 3.05) is 0 Å². The van der Waals surface area contributed by atoms with Gasteiger partial charge in [-0.2, -0.15) is 0 Å². The molecule has 20 heavy (non-hydrogen) atoms. The summed E-state index contributed by atoms with van der Waals surface area (Å²) in [5, 5.41) is 0. The van der Waals surface area contributed by atoms with E-state index in [-0.39, 0.29) is 0 Å². The summed E-state index contributed by atoms with van der Waals surface area (Å²) in [6, 6.07) is 4.14. The summed E-state index contributed by atoms with van der Waals surface area (Å²) in [5.74, 6) is 4.31. The van der Waals surface area contributed by atoms with Gasteiger partial charge in [0.05, 0.1) is 0 Å². The van der Waals surface area contributed by atoms with Crippen molar-refractivity contribution in [3.05, 3.63) is 47.8 Å². The Bertz CT molecular complexity index is 553. The second-order valence-corrected chi connectivity index (χ2v) is 5.94. The van der Waals surface area contributed by atoms with Crippen molar-refractivity contribution < 1.29 is 0 Å². The Kier molecular flexibility index (Phi) is 4.02. The van der Waals surface area contributed by atoms with Crippen molar-refractivity contribution in [3.63, 3.8) is 0 Å². The van der Waals surface area contributed by atoms with Crippen molar-refractivity contribution >= 4 is 5.57 Å². The van der Waals surface area contributed by atoms with Crippen LogP contribution in [-0.2, 0) is 0 Å². The summed E-state index contributed by atoms with van der Waals surface area (Å²) in [4.78, 5) is 4.10. The molecule has 1 saturated carbocycles. The quantitative estimate of drug-likeness (QED) is 0.709. The highest BCUT2D eigenvalue weighted by Gasteiger charge is 2.25. The molecule has 1 heterocycles. The summed E-state index contributed by atoms with van der Waals surface area (Å²) >= 11 is 0. The van der Waals surface area contributed by atoms with Crippen molar-refractivity contribution in [1.82, 2.24) is 4.98 Å². The van der Waals surface area contributed by atoms with Gasteiger partial charge in [0, 0.05) is 18.0 Å². The fraction of sp³-hybridized carbons (Fsp3) is 0.421. The van der Waals surface area contributed by atoms with Crippen LogP contribution in [0.1, 0.15) is 44.1 Å². The third-order valence-electron chi connectivity index (χ3n) is 4.63. The van der Waals surface area contributed by atoms with Gasteiger partial charge in [-0.15, -0.1) is 6.42 Å². The summed E-state index contributed by atoms with van der Waals surface area (Å²) in [7, 11) is 0. The number of allylic oxidation sites excluding steroid dienone is 4. The molecule has 1 unspecified atom stereocenters. The largest absolute Gasteiger partial charge is 0.265 e. The minimum Gasteiger partial charge on any atom is -0.265 e. The molecule has 0 aliphatic heterocycles. The summed E-state index contributed by atoms with van der Waals surface area (Å²) in [6.07, 6.45) is 22.0. The lowest BCUT2D eigenvalue weighted by atomic mass is 9.74. The molecule has 0 saturated heterocycles. The van der Waals surface area contributed by atoms with Crippen LogP contribution < -0.4 is 0 Å². The Hall–Kier alpha value is -1.81. The van der Waals surface area contributed by atoms with Gasteiger partial charge >= 0.3 is 0 Å². The molecule has 0 amide bonds. The van der Waals surface area contributed by atoms with Gasteiger partial charge in [0.15, 0.2) is 0 Å². The third-order valence-corrected chi connectivity index (χ3v) is 4.63. The van der Waals surface area contributed by atoms with Crippen LogP contribution in [0.15, 0.2) is 42.3 Å². The Morgan fingerprint density at radius 2 is 1.85 bits per heavy atom. The first-order valence-electron chi connectivity index (χ1n) is 7.66. The monoisotopic (exact) mass is 263 g/mol. The molecule has 102 valence electrons. The first kappa shape index (κ1) is 13.2. The number of aromatic nitrogens is 1. The highest BCUT2D eigenvalue weighted by molar-refractivity contribution is 5.76. The van der Waals surface area contributed by atoms with E-state index in [1.807, 2.05) is 12.4 Å². The Balaban J connectivity index is 1.88. The van der Waals surface area contributed by atoms with Gasteiger partial charge in [-0.3, -0.25) is 4.98 Å². The lowest BCUT2D eigenvalue weighted by Gasteiger charge is -2.31. The summed E-state index contributed by atoms with van der Waals surface area (Å²) in [6.45, 7) is 0. The van der Waals surface area contributed by atoms with Gasteiger partial charge in [-0.05, 0) is 60.4 Å². The fourth-order valence-electron chi connectivity index (χ4n) is 3.53.